The van der Waals surface area contributed by atoms with E-state index in [1.165, 1.54) is 6.08 Å². The Morgan fingerprint density at radius 2 is 1.92 bits per heavy atom. The number of allylic oxidation sites excluding steroid dienone is 1. The molecular formula is C10H16O3. The van der Waals surface area contributed by atoms with Crippen molar-refractivity contribution in [2.45, 2.75) is 39.5 Å². The highest BCUT2D eigenvalue weighted by Gasteiger charge is 2.04. The SMILES string of the molecule is CCC/C=C\C(=O)OC(=O)CCC. The third kappa shape index (κ3) is 7.25. The molecule has 0 aromatic rings. The Hall–Kier alpha value is -1.12. The van der Waals surface area contributed by atoms with E-state index in [1.54, 1.807) is 6.08 Å². The summed E-state index contributed by atoms with van der Waals surface area (Å²) in [4.78, 5) is 21.7. The Labute approximate surface area is 78.8 Å². The van der Waals surface area contributed by atoms with Crippen LogP contribution in [0.1, 0.15) is 39.5 Å². The Morgan fingerprint density at radius 1 is 1.23 bits per heavy atom. The number of unbranched alkanes of at least 4 members (excludes halogenated alkanes) is 1. The second-order valence-corrected chi connectivity index (χ2v) is 2.73. The van der Waals surface area contributed by atoms with Crippen molar-refractivity contribution in [2.75, 3.05) is 0 Å². The third-order valence-corrected chi connectivity index (χ3v) is 1.38. The molecule has 0 aliphatic rings. The molecule has 0 amide bonds. The van der Waals surface area contributed by atoms with Crippen LogP contribution in [0.15, 0.2) is 12.2 Å². The summed E-state index contributed by atoms with van der Waals surface area (Å²) in [5, 5.41) is 0. The van der Waals surface area contributed by atoms with E-state index >= 15 is 0 Å². The number of carbonyl (C=O) groups excluding carboxylic acids is 2. The molecule has 0 saturated heterocycles. The lowest BCUT2D eigenvalue weighted by Gasteiger charge is -1.96. The molecule has 0 aromatic carbocycles. The van der Waals surface area contributed by atoms with Gasteiger partial charge in [0.05, 0.1) is 0 Å². The molecule has 0 N–H and O–H groups in total. The van der Waals surface area contributed by atoms with E-state index in [0.29, 0.717) is 12.8 Å². The molecule has 0 aliphatic heterocycles. The fraction of sp³-hybridized carbons (Fsp3) is 0.600. The van der Waals surface area contributed by atoms with Crippen molar-refractivity contribution in [3.63, 3.8) is 0 Å². The number of esters is 2. The van der Waals surface area contributed by atoms with Crippen molar-refractivity contribution in [2.24, 2.45) is 0 Å². The molecule has 3 heteroatoms. The highest BCUT2D eigenvalue weighted by molar-refractivity contribution is 5.91. The fourth-order valence-electron chi connectivity index (χ4n) is 0.748. The fourth-order valence-corrected chi connectivity index (χ4v) is 0.748. The molecule has 0 aliphatic carbocycles. The maximum Gasteiger partial charge on any atom is 0.338 e. The minimum Gasteiger partial charge on any atom is -0.390 e. The van der Waals surface area contributed by atoms with Gasteiger partial charge in [0.2, 0.25) is 0 Å². The molecular weight excluding hydrogens is 168 g/mol. The maximum atomic E-state index is 10.9. The third-order valence-electron chi connectivity index (χ3n) is 1.38. The van der Waals surface area contributed by atoms with Crippen molar-refractivity contribution < 1.29 is 14.3 Å². The summed E-state index contributed by atoms with van der Waals surface area (Å²) in [6, 6.07) is 0. The van der Waals surface area contributed by atoms with Gasteiger partial charge in [-0.2, -0.15) is 0 Å². The van der Waals surface area contributed by atoms with Crippen molar-refractivity contribution >= 4 is 11.9 Å². The van der Waals surface area contributed by atoms with Gasteiger partial charge in [0.25, 0.3) is 0 Å². The molecule has 13 heavy (non-hydrogen) atoms. The van der Waals surface area contributed by atoms with Gasteiger partial charge in [0.1, 0.15) is 0 Å². The van der Waals surface area contributed by atoms with Gasteiger partial charge in [-0.25, -0.2) is 4.79 Å². The largest absolute Gasteiger partial charge is 0.390 e. The monoisotopic (exact) mass is 184 g/mol. The van der Waals surface area contributed by atoms with Gasteiger partial charge in [0, 0.05) is 12.5 Å². The van der Waals surface area contributed by atoms with Crippen molar-refractivity contribution in [3.8, 4) is 0 Å². The summed E-state index contributed by atoms with van der Waals surface area (Å²) in [6.45, 7) is 3.87. The van der Waals surface area contributed by atoms with E-state index in [-0.39, 0.29) is 0 Å². The predicted molar refractivity (Wildman–Crippen MR) is 50.1 cm³/mol. The molecule has 0 fully saturated rings. The summed E-state index contributed by atoms with van der Waals surface area (Å²) < 4.78 is 4.47. The van der Waals surface area contributed by atoms with E-state index in [2.05, 4.69) is 4.74 Å². The number of rotatable bonds is 5. The van der Waals surface area contributed by atoms with Gasteiger partial charge < -0.3 is 4.74 Å². The Balaban J connectivity index is 3.67. The molecule has 74 valence electrons. The maximum absolute atomic E-state index is 10.9. The molecule has 0 saturated carbocycles. The van der Waals surface area contributed by atoms with Crippen molar-refractivity contribution in [1.29, 1.82) is 0 Å². The van der Waals surface area contributed by atoms with Gasteiger partial charge >= 0.3 is 11.9 Å². The summed E-state index contributed by atoms with van der Waals surface area (Å²) in [6.07, 6.45) is 5.82. The lowest BCUT2D eigenvalue weighted by Crippen LogP contribution is -2.09. The molecule has 0 rings (SSSR count). The van der Waals surface area contributed by atoms with Crippen LogP contribution in [0.4, 0.5) is 0 Å². The topological polar surface area (TPSA) is 43.4 Å². The van der Waals surface area contributed by atoms with Gasteiger partial charge in [-0.05, 0) is 12.8 Å². The average molecular weight is 184 g/mol. The number of hydrogen-bond donors (Lipinski definition) is 0. The van der Waals surface area contributed by atoms with E-state index in [1.807, 2.05) is 13.8 Å². The molecule has 0 aromatic heterocycles. The second-order valence-electron chi connectivity index (χ2n) is 2.73. The molecule has 0 bridgehead atoms. The molecule has 0 radical (unpaired) electrons. The quantitative estimate of drug-likeness (QED) is 0.374. The molecule has 0 unspecified atom stereocenters. The van der Waals surface area contributed by atoms with Gasteiger partial charge in [-0.3, -0.25) is 4.79 Å². The number of hydrogen-bond acceptors (Lipinski definition) is 3. The molecule has 0 atom stereocenters. The first-order chi connectivity index (χ1) is 6.20. The van der Waals surface area contributed by atoms with E-state index < -0.39 is 11.9 Å². The lowest BCUT2D eigenvalue weighted by atomic mass is 10.3. The van der Waals surface area contributed by atoms with Crippen LogP contribution in [0.5, 0.6) is 0 Å². The van der Waals surface area contributed by atoms with Crippen LogP contribution in [0, 0.1) is 0 Å². The first-order valence-corrected chi connectivity index (χ1v) is 4.61. The van der Waals surface area contributed by atoms with Crippen LogP contribution in [-0.4, -0.2) is 11.9 Å². The van der Waals surface area contributed by atoms with E-state index in [4.69, 9.17) is 0 Å². The smallest absolute Gasteiger partial charge is 0.338 e. The first-order valence-electron chi connectivity index (χ1n) is 4.61. The zero-order valence-electron chi connectivity index (χ0n) is 8.21. The normalized spacial score (nSPS) is 10.3. The second kappa shape index (κ2) is 7.53. The Morgan fingerprint density at radius 3 is 2.46 bits per heavy atom. The van der Waals surface area contributed by atoms with Crippen LogP contribution in [-0.2, 0) is 14.3 Å². The van der Waals surface area contributed by atoms with Crippen LogP contribution in [0.2, 0.25) is 0 Å². The molecule has 0 heterocycles. The standard InChI is InChI=1S/C10H16O3/c1-3-5-6-8-10(12)13-9(11)7-4-2/h6,8H,3-5,7H2,1-2H3/b8-6-. The van der Waals surface area contributed by atoms with Gasteiger partial charge in [-0.1, -0.05) is 26.3 Å². The van der Waals surface area contributed by atoms with Crippen LogP contribution in [0.3, 0.4) is 0 Å². The number of carbonyl (C=O) groups is 2. The minimum absolute atomic E-state index is 0.299. The Kier molecular flexibility index (Phi) is 6.88. The first kappa shape index (κ1) is 11.9. The zero-order valence-corrected chi connectivity index (χ0v) is 8.21. The summed E-state index contributed by atoms with van der Waals surface area (Å²) >= 11 is 0. The number of ether oxygens (including phenoxy) is 1. The Bertz CT molecular complexity index is 194. The van der Waals surface area contributed by atoms with Crippen LogP contribution in [0.25, 0.3) is 0 Å². The van der Waals surface area contributed by atoms with Crippen molar-refractivity contribution in [3.05, 3.63) is 12.2 Å². The van der Waals surface area contributed by atoms with Gasteiger partial charge in [0.15, 0.2) is 0 Å². The van der Waals surface area contributed by atoms with Gasteiger partial charge in [-0.15, -0.1) is 0 Å². The van der Waals surface area contributed by atoms with E-state index in [0.717, 1.165) is 12.8 Å². The minimum atomic E-state index is -0.563. The summed E-state index contributed by atoms with van der Waals surface area (Å²) in [5.41, 5.74) is 0. The summed E-state index contributed by atoms with van der Waals surface area (Å²) in [7, 11) is 0. The van der Waals surface area contributed by atoms with Crippen molar-refractivity contribution in [1.82, 2.24) is 0 Å². The molecule has 3 nitrogen and oxygen atoms in total. The van der Waals surface area contributed by atoms with Crippen LogP contribution < -0.4 is 0 Å². The highest BCUT2D eigenvalue weighted by atomic mass is 16.6. The average Bonchev–Trinajstić information content (AvgIpc) is 2.05. The van der Waals surface area contributed by atoms with Crippen LogP contribution >= 0.6 is 0 Å². The highest BCUT2D eigenvalue weighted by Crippen LogP contribution is 1.94. The zero-order chi connectivity index (χ0) is 10.1. The lowest BCUT2D eigenvalue weighted by molar-refractivity contribution is -0.156. The predicted octanol–water partition coefficient (Wildman–Crippen LogP) is 2.21. The molecule has 0 spiro atoms. The summed E-state index contributed by atoms with van der Waals surface area (Å²) in [5.74, 6) is -1.01. The van der Waals surface area contributed by atoms with E-state index in [9.17, 15) is 9.59 Å².